The summed E-state index contributed by atoms with van der Waals surface area (Å²) in [6.45, 7) is 0.0516. The molecule has 10 heteroatoms. The van der Waals surface area contributed by atoms with Gasteiger partial charge in [-0.15, -0.1) is 0 Å². The van der Waals surface area contributed by atoms with Crippen LogP contribution in [0, 0.1) is 0 Å². The molecule has 0 unspecified atom stereocenters. The summed E-state index contributed by atoms with van der Waals surface area (Å²) in [7, 11) is 1.53. The predicted octanol–water partition coefficient (Wildman–Crippen LogP) is 1.25. The third kappa shape index (κ3) is 3.08. The summed E-state index contributed by atoms with van der Waals surface area (Å²) in [5, 5.41) is 4.42. The van der Waals surface area contributed by atoms with Gasteiger partial charge in [-0.25, -0.2) is 4.79 Å². The number of alkyl halides is 3. The van der Waals surface area contributed by atoms with Crippen LogP contribution in [-0.2, 0) is 11.0 Å². The molecular weight excluding hydrogens is 281 g/mol. The number of hydrogen-bond donors (Lipinski definition) is 2. The maximum Gasteiger partial charge on any atom is 0.449 e. The largest absolute Gasteiger partial charge is 0.458 e. The first-order chi connectivity index (χ1) is 9.25. The second kappa shape index (κ2) is 4.87. The molecule has 3 amide bonds. The van der Waals surface area contributed by atoms with E-state index in [0.29, 0.717) is 6.07 Å². The number of likely N-dealkylation sites (N-methyl/N-ethyl adjacent to an activating group) is 1. The van der Waals surface area contributed by atoms with Gasteiger partial charge in [0.15, 0.2) is 0 Å². The van der Waals surface area contributed by atoms with Crippen molar-refractivity contribution in [1.82, 2.24) is 10.2 Å². The summed E-state index contributed by atoms with van der Waals surface area (Å²) in [5.74, 6) is -1.54. The first-order valence-corrected chi connectivity index (χ1v) is 5.32. The number of amides is 3. The van der Waals surface area contributed by atoms with E-state index in [0.717, 1.165) is 6.26 Å². The maximum absolute atomic E-state index is 12.3. The normalized spacial score (nSPS) is 17.5. The number of nitrogens with zero attached hydrogens (tertiary/aromatic N) is 2. The van der Waals surface area contributed by atoms with E-state index in [9.17, 15) is 22.8 Å². The van der Waals surface area contributed by atoms with Crippen LogP contribution in [0.15, 0.2) is 21.7 Å². The van der Waals surface area contributed by atoms with Gasteiger partial charge in [0, 0.05) is 13.1 Å². The van der Waals surface area contributed by atoms with E-state index in [4.69, 9.17) is 0 Å². The number of hydrogen-bond acceptors (Lipinski definition) is 3. The molecule has 1 aromatic heterocycles. The highest BCUT2D eigenvalue weighted by Gasteiger charge is 2.35. The van der Waals surface area contributed by atoms with Crippen molar-refractivity contribution in [2.45, 2.75) is 6.18 Å². The monoisotopic (exact) mass is 290 g/mol. The standard InChI is InChI=1S/C10H9F3N4O3/c1-17-3-7(18)15-8(17)16-9(19)14-5-2-6(20-4-5)10(11,12)13/h2,4H,3H2,1H3,(H2,14,15,16,18,19). The van der Waals surface area contributed by atoms with Gasteiger partial charge in [0.25, 0.3) is 0 Å². The Bertz CT molecular complexity index is 579. The first-order valence-electron chi connectivity index (χ1n) is 5.32. The third-order valence-electron chi connectivity index (χ3n) is 2.33. The van der Waals surface area contributed by atoms with Gasteiger partial charge in [-0.1, -0.05) is 0 Å². The molecule has 108 valence electrons. The van der Waals surface area contributed by atoms with Crippen LogP contribution >= 0.6 is 0 Å². The Hall–Kier alpha value is -2.52. The summed E-state index contributed by atoms with van der Waals surface area (Å²) < 4.78 is 41.1. The lowest BCUT2D eigenvalue weighted by molar-refractivity contribution is -0.153. The Kier molecular flexibility index (Phi) is 3.38. The number of anilines is 1. The van der Waals surface area contributed by atoms with Gasteiger partial charge in [-0.05, 0) is 0 Å². The van der Waals surface area contributed by atoms with Crippen LogP contribution in [0.2, 0.25) is 0 Å². The lowest BCUT2D eigenvalue weighted by Crippen LogP contribution is -2.29. The summed E-state index contributed by atoms with van der Waals surface area (Å²) in [5.41, 5.74) is -0.182. The predicted molar refractivity (Wildman–Crippen MR) is 60.9 cm³/mol. The van der Waals surface area contributed by atoms with Crippen molar-refractivity contribution in [3.63, 3.8) is 0 Å². The quantitative estimate of drug-likeness (QED) is 0.815. The Balaban J connectivity index is 2.04. The number of nitrogens with one attached hydrogen (secondary N) is 2. The SMILES string of the molecule is CN1CC(=O)NC1=NC(=O)Nc1coc(C(F)(F)F)c1. The van der Waals surface area contributed by atoms with Gasteiger partial charge in [0.05, 0.1) is 12.2 Å². The number of carbonyl (C=O) groups excluding carboxylic acids is 2. The third-order valence-corrected chi connectivity index (χ3v) is 2.33. The van der Waals surface area contributed by atoms with E-state index < -0.39 is 18.0 Å². The number of halogens is 3. The second-order valence-electron chi connectivity index (χ2n) is 3.97. The summed E-state index contributed by atoms with van der Waals surface area (Å²) in [4.78, 5) is 27.4. The minimum atomic E-state index is -4.63. The zero-order chi connectivity index (χ0) is 14.9. The van der Waals surface area contributed by atoms with Crippen molar-refractivity contribution in [3.8, 4) is 0 Å². The molecule has 1 aliphatic heterocycles. The Morgan fingerprint density at radius 2 is 2.25 bits per heavy atom. The van der Waals surface area contributed by atoms with E-state index in [1.54, 1.807) is 0 Å². The Morgan fingerprint density at radius 3 is 2.75 bits per heavy atom. The highest BCUT2D eigenvalue weighted by molar-refractivity contribution is 6.09. The van der Waals surface area contributed by atoms with Gasteiger partial charge in [-0.3, -0.25) is 10.1 Å². The first kappa shape index (κ1) is 13.9. The van der Waals surface area contributed by atoms with Crippen LogP contribution in [0.5, 0.6) is 0 Å². The van der Waals surface area contributed by atoms with E-state index in [-0.39, 0.29) is 24.1 Å². The summed E-state index contributed by atoms with van der Waals surface area (Å²) >= 11 is 0. The second-order valence-corrected chi connectivity index (χ2v) is 3.97. The molecule has 1 saturated heterocycles. The average molecular weight is 290 g/mol. The summed E-state index contributed by atoms with van der Waals surface area (Å²) in [6, 6.07) is -0.293. The topological polar surface area (TPSA) is 86.9 Å². The van der Waals surface area contributed by atoms with Crippen LogP contribution in [0.1, 0.15) is 5.76 Å². The van der Waals surface area contributed by atoms with E-state index >= 15 is 0 Å². The molecule has 2 rings (SSSR count). The lowest BCUT2D eigenvalue weighted by atomic mass is 10.4. The smallest absolute Gasteiger partial charge is 0.449 e. The number of rotatable bonds is 1. The molecule has 20 heavy (non-hydrogen) atoms. The minimum Gasteiger partial charge on any atom is -0.458 e. The molecule has 0 atom stereocenters. The van der Waals surface area contributed by atoms with E-state index in [1.165, 1.54) is 11.9 Å². The highest BCUT2D eigenvalue weighted by atomic mass is 19.4. The number of furan rings is 1. The molecule has 0 radical (unpaired) electrons. The Morgan fingerprint density at radius 1 is 1.55 bits per heavy atom. The maximum atomic E-state index is 12.3. The fourth-order valence-electron chi connectivity index (χ4n) is 1.46. The number of aliphatic imine (C=N–C) groups is 1. The molecule has 1 fully saturated rings. The van der Waals surface area contributed by atoms with Gasteiger partial charge in [-0.2, -0.15) is 18.2 Å². The summed E-state index contributed by atoms with van der Waals surface area (Å²) in [6.07, 6.45) is -3.88. The molecule has 7 nitrogen and oxygen atoms in total. The van der Waals surface area contributed by atoms with Crippen molar-refractivity contribution in [2.24, 2.45) is 4.99 Å². The minimum absolute atomic E-state index is 0.0204. The van der Waals surface area contributed by atoms with Crippen molar-refractivity contribution in [3.05, 3.63) is 18.1 Å². The molecular formula is C10H9F3N4O3. The molecule has 0 spiro atoms. The van der Waals surface area contributed by atoms with Gasteiger partial charge >= 0.3 is 12.2 Å². The van der Waals surface area contributed by atoms with Crippen LogP contribution in [0.25, 0.3) is 0 Å². The van der Waals surface area contributed by atoms with Gasteiger partial charge < -0.3 is 14.6 Å². The molecule has 0 aliphatic carbocycles. The molecule has 0 aromatic carbocycles. The fraction of sp³-hybridized carbons (Fsp3) is 0.300. The number of guanidine groups is 1. The molecule has 0 bridgehead atoms. The van der Waals surface area contributed by atoms with Gasteiger partial charge in [0.2, 0.25) is 17.6 Å². The highest BCUT2D eigenvalue weighted by Crippen LogP contribution is 2.31. The average Bonchev–Trinajstić information content (AvgIpc) is 2.86. The number of urea groups is 1. The zero-order valence-electron chi connectivity index (χ0n) is 10.1. The van der Waals surface area contributed by atoms with E-state index in [1.807, 2.05) is 0 Å². The Labute approximate surface area is 110 Å². The fourth-order valence-corrected chi connectivity index (χ4v) is 1.46. The lowest BCUT2D eigenvalue weighted by Gasteiger charge is -2.07. The van der Waals surface area contributed by atoms with Crippen molar-refractivity contribution >= 4 is 23.6 Å². The van der Waals surface area contributed by atoms with Crippen molar-refractivity contribution in [2.75, 3.05) is 18.9 Å². The number of carbonyl (C=O) groups is 2. The molecule has 2 N–H and O–H groups in total. The molecule has 1 aliphatic rings. The van der Waals surface area contributed by atoms with E-state index in [2.05, 4.69) is 20.0 Å². The van der Waals surface area contributed by atoms with Crippen LogP contribution in [-0.4, -0.2) is 36.4 Å². The van der Waals surface area contributed by atoms with Crippen LogP contribution < -0.4 is 10.6 Å². The van der Waals surface area contributed by atoms with Crippen LogP contribution in [0.3, 0.4) is 0 Å². The van der Waals surface area contributed by atoms with Crippen molar-refractivity contribution < 1.29 is 27.2 Å². The molecule has 2 heterocycles. The van der Waals surface area contributed by atoms with Gasteiger partial charge in [0.1, 0.15) is 6.26 Å². The zero-order valence-corrected chi connectivity index (χ0v) is 10.1. The molecule has 1 aromatic rings. The van der Waals surface area contributed by atoms with Crippen LogP contribution in [0.4, 0.5) is 23.7 Å². The molecule has 0 saturated carbocycles. The van der Waals surface area contributed by atoms with Crippen molar-refractivity contribution in [1.29, 1.82) is 0 Å².